The second-order valence-corrected chi connectivity index (χ2v) is 5.93. The number of nitrogens with zero attached hydrogens (tertiary/aromatic N) is 3. The summed E-state index contributed by atoms with van der Waals surface area (Å²) in [5.41, 5.74) is 3.57. The van der Waals surface area contributed by atoms with Crippen LogP contribution in [0.2, 0.25) is 0 Å². The quantitative estimate of drug-likeness (QED) is 0.807. The highest BCUT2D eigenvalue weighted by atomic mass is 15.2. The third-order valence-corrected chi connectivity index (χ3v) is 4.47. The average Bonchev–Trinajstić information content (AvgIpc) is 2.64. The molecule has 4 heteroatoms. The Kier molecular flexibility index (Phi) is 4.01. The van der Waals surface area contributed by atoms with Gasteiger partial charge in [0.15, 0.2) is 0 Å². The molecule has 0 spiro atoms. The van der Waals surface area contributed by atoms with Crippen molar-refractivity contribution in [2.45, 2.75) is 6.04 Å². The molecule has 1 aliphatic heterocycles. The number of hydrogen-bond donors (Lipinski definition) is 1. The molecular weight excluding hydrogens is 284 g/mol. The normalized spacial score (nSPS) is 17.2. The number of hydrogen-bond acceptors (Lipinski definition) is 4. The topological polar surface area (TPSA) is 41.1 Å². The molecule has 3 aromatic rings. The maximum Gasteiger partial charge on any atom is 0.0702 e. The van der Waals surface area contributed by atoms with Crippen LogP contribution in [0.5, 0.6) is 0 Å². The molecule has 0 aliphatic carbocycles. The van der Waals surface area contributed by atoms with Crippen molar-refractivity contribution in [3.8, 4) is 0 Å². The molecule has 1 N–H and O–H groups in total. The molecule has 4 rings (SSSR count). The van der Waals surface area contributed by atoms with E-state index >= 15 is 0 Å². The zero-order chi connectivity index (χ0) is 15.5. The number of aromatic nitrogens is 2. The molecule has 0 amide bonds. The lowest BCUT2D eigenvalue weighted by Gasteiger charge is -2.35. The fraction of sp³-hybridized carbons (Fsp3) is 0.263. The second kappa shape index (κ2) is 6.44. The van der Waals surface area contributed by atoms with Crippen molar-refractivity contribution in [3.05, 3.63) is 72.2 Å². The monoisotopic (exact) mass is 304 g/mol. The van der Waals surface area contributed by atoms with Gasteiger partial charge in [0, 0.05) is 50.2 Å². The first-order valence-corrected chi connectivity index (χ1v) is 8.11. The summed E-state index contributed by atoms with van der Waals surface area (Å²) < 4.78 is 0. The van der Waals surface area contributed by atoms with Gasteiger partial charge in [-0.3, -0.25) is 14.9 Å². The van der Waals surface area contributed by atoms with E-state index < -0.39 is 0 Å². The Morgan fingerprint density at radius 1 is 0.957 bits per heavy atom. The fourth-order valence-electron chi connectivity index (χ4n) is 3.34. The van der Waals surface area contributed by atoms with E-state index in [0.717, 1.165) is 31.7 Å². The van der Waals surface area contributed by atoms with Gasteiger partial charge in [0.05, 0.1) is 11.6 Å². The molecule has 1 atom stereocenters. The summed E-state index contributed by atoms with van der Waals surface area (Å²) in [4.78, 5) is 11.4. The molecule has 116 valence electrons. The summed E-state index contributed by atoms with van der Waals surface area (Å²) in [6.45, 7) is 4.14. The molecule has 1 aliphatic rings. The van der Waals surface area contributed by atoms with Crippen molar-refractivity contribution in [3.63, 3.8) is 0 Å². The maximum atomic E-state index is 4.66. The van der Waals surface area contributed by atoms with E-state index in [1.54, 1.807) is 0 Å². The molecule has 0 bridgehead atoms. The molecule has 23 heavy (non-hydrogen) atoms. The van der Waals surface area contributed by atoms with Crippen LogP contribution >= 0.6 is 0 Å². The van der Waals surface area contributed by atoms with E-state index in [1.165, 1.54) is 16.5 Å². The first kappa shape index (κ1) is 14.3. The standard InChI is InChI=1S/C19H20N4/c1-2-4-18-16(3-1)13-17(14-22-18)19(15-5-7-20-8-6-15)23-11-9-21-10-12-23/h1-8,13-14,19,21H,9-12H2/t19-/m1/s1. The van der Waals surface area contributed by atoms with E-state index in [1.807, 2.05) is 24.7 Å². The van der Waals surface area contributed by atoms with Crippen LogP contribution in [0.3, 0.4) is 0 Å². The van der Waals surface area contributed by atoms with Crippen LogP contribution in [0.4, 0.5) is 0 Å². The predicted molar refractivity (Wildman–Crippen MR) is 92.3 cm³/mol. The average molecular weight is 304 g/mol. The fourth-order valence-corrected chi connectivity index (χ4v) is 3.34. The zero-order valence-electron chi connectivity index (χ0n) is 13.0. The molecule has 1 saturated heterocycles. The van der Waals surface area contributed by atoms with Crippen LogP contribution in [0.25, 0.3) is 10.9 Å². The third kappa shape index (κ3) is 2.96. The number of para-hydroxylation sites is 1. The number of pyridine rings is 2. The predicted octanol–water partition coefficient (Wildman–Crippen LogP) is 2.62. The highest BCUT2D eigenvalue weighted by molar-refractivity contribution is 5.79. The summed E-state index contributed by atoms with van der Waals surface area (Å²) in [5.74, 6) is 0. The number of fused-ring (bicyclic) bond motifs is 1. The Labute approximate surface area is 136 Å². The first-order valence-electron chi connectivity index (χ1n) is 8.11. The highest BCUT2D eigenvalue weighted by Crippen LogP contribution is 2.29. The van der Waals surface area contributed by atoms with Gasteiger partial charge in [-0.2, -0.15) is 0 Å². The molecular formula is C19H20N4. The Hall–Kier alpha value is -2.30. The summed E-state index contributed by atoms with van der Waals surface area (Å²) in [6, 6.07) is 15.0. The molecule has 1 fully saturated rings. The number of rotatable bonds is 3. The van der Waals surface area contributed by atoms with Crippen LogP contribution in [0, 0.1) is 0 Å². The summed E-state index contributed by atoms with van der Waals surface area (Å²) in [5, 5.41) is 4.63. The van der Waals surface area contributed by atoms with Gasteiger partial charge in [-0.25, -0.2) is 0 Å². The van der Waals surface area contributed by atoms with E-state index in [9.17, 15) is 0 Å². The lowest BCUT2D eigenvalue weighted by molar-refractivity contribution is 0.198. The smallest absolute Gasteiger partial charge is 0.0702 e. The molecule has 4 nitrogen and oxygen atoms in total. The van der Waals surface area contributed by atoms with Crippen LogP contribution in [0.1, 0.15) is 17.2 Å². The molecule has 1 aromatic carbocycles. The van der Waals surface area contributed by atoms with Crippen molar-refractivity contribution >= 4 is 10.9 Å². The maximum absolute atomic E-state index is 4.66. The van der Waals surface area contributed by atoms with Crippen molar-refractivity contribution in [1.82, 2.24) is 20.2 Å². The lowest BCUT2D eigenvalue weighted by Crippen LogP contribution is -2.45. The van der Waals surface area contributed by atoms with Gasteiger partial charge in [-0.15, -0.1) is 0 Å². The minimum absolute atomic E-state index is 0.234. The lowest BCUT2D eigenvalue weighted by atomic mass is 9.97. The van der Waals surface area contributed by atoms with Crippen LogP contribution in [0.15, 0.2) is 61.1 Å². The molecule has 0 radical (unpaired) electrons. The van der Waals surface area contributed by atoms with Gasteiger partial charge < -0.3 is 5.32 Å². The Morgan fingerprint density at radius 2 is 1.74 bits per heavy atom. The van der Waals surface area contributed by atoms with Gasteiger partial charge in [-0.05, 0) is 35.4 Å². The van der Waals surface area contributed by atoms with Gasteiger partial charge >= 0.3 is 0 Å². The van der Waals surface area contributed by atoms with E-state index in [2.05, 4.69) is 56.6 Å². The first-order chi connectivity index (χ1) is 11.4. The Balaban J connectivity index is 1.79. The third-order valence-electron chi connectivity index (χ3n) is 4.47. The van der Waals surface area contributed by atoms with Crippen LogP contribution in [-0.2, 0) is 0 Å². The minimum atomic E-state index is 0.234. The van der Waals surface area contributed by atoms with Crippen molar-refractivity contribution < 1.29 is 0 Å². The number of benzene rings is 1. The van der Waals surface area contributed by atoms with Crippen LogP contribution in [-0.4, -0.2) is 41.0 Å². The van der Waals surface area contributed by atoms with Gasteiger partial charge in [0.1, 0.15) is 0 Å². The molecule has 0 unspecified atom stereocenters. The van der Waals surface area contributed by atoms with Gasteiger partial charge in [-0.1, -0.05) is 18.2 Å². The number of nitrogens with one attached hydrogen (secondary N) is 1. The largest absolute Gasteiger partial charge is 0.314 e. The zero-order valence-corrected chi connectivity index (χ0v) is 13.0. The SMILES string of the molecule is c1ccc2ncc([C@@H](c3ccncc3)N3CCNCC3)cc2c1. The van der Waals surface area contributed by atoms with Crippen LogP contribution < -0.4 is 5.32 Å². The summed E-state index contributed by atoms with van der Waals surface area (Å²) >= 11 is 0. The minimum Gasteiger partial charge on any atom is -0.314 e. The summed E-state index contributed by atoms with van der Waals surface area (Å²) in [7, 11) is 0. The van der Waals surface area contributed by atoms with Crippen molar-refractivity contribution in [2.24, 2.45) is 0 Å². The summed E-state index contributed by atoms with van der Waals surface area (Å²) in [6.07, 6.45) is 5.77. The highest BCUT2D eigenvalue weighted by Gasteiger charge is 2.24. The molecule has 2 aromatic heterocycles. The van der Waals surface area contributed by atoms with E-state index in [4.69, 9.17) is 0 Å². The Morgan fingerprint density at radius 3 is 2.57 bits per heavy atom. The number of piperazine rings is 1. The molecule has 0 saturated carbocycles. The van der Waals surface area contributed by atoms with E-state index in [0.29, 0.717) is 0 Å². The van der Waals surface area contributed by atoms with Gasteiger partial charge in [0.2, 0.25) is 0 Å². The molecule has 3 heterocycles. The van der Waals surface area contributed by atoms with Crippen molar-refractivity contribution in [1.29, 1.82) is 0 Å². The van der Waals surface area contributed by atoms with E-state index in [-0.39, 0.29) is 6.04 Å². The van der Waals surface area contributed by atoms with Crippen molar-refractivity contribution in [2.75, 3.05) is 26.2 Å². The Bertz CT molecular complexity index is 781. The second-order valence-electron chi connectivity index (χ2n) is 5.93. The van der Waals surface area contributed by atoms with Gasteiger partial charge in [0.25, 0.3) is 0 Å².